The van der Waals surface area contributed by atoms with Crippen LogP contribution >= 0.6 is 0 Å². The largest absolute Gasteiger partial charge is 0.416 e. The van der Waals surface area contributed by atoms with Crippen molar-refractivity contribution >= 4 is 11.4 Å². The van der Waals surface area contributed by atoms with Gasteiger partial charge in [0, 0.05) is 12.8 Å². The summed E-state index contributed by atoms with van der Waals surface area (Å²) in [6.45, 7) is 1.74. The summed E-state index contributed by atoms with van der Waals surface area (Å²) in [6.07, 6.45) is -3.49. The second-order valence-corrected chi connectivity index (χ2v) is 4.20. The lowest BCUT2D eigenvalue weighted by Crippen LogP contribution is -2.11. The van der Waals surface area contributed by atoms with E-state index in [-0.39, 0.29) is 24.2 Å². The Morgan fingerprint density at radius 2 is 1.94 bits per heavy atom. The van der Waals surface area contributed by atoms with Gasteiger partial charge in [0.1, 0.15) is 5.78 Å². The third kappa shape index (κ3) is 2.40. The van der Waals surface area contributed by atoms with Gasteiger partial charge in [-0.15, -0.1) is 0 Å². The van der Waals surface area contributed by atoms with Crippen molar-refractivity contribution in [2.75, 3.05) is 0 Å². The number of carbonyl (C=O) groups excluding carboxylic acids is 1. The molecular formula is C13H11F3O. The van der Waals surface area contributed by atoms with Crippen LogP contribution < -0.4 is 0 Å². The van der Waals surface area contributed by atoms with Crippen molar-refractivity contribution < 1.29 is 18.0 Å². The number of fused-ring (bicyclic) bond motifs is 1. The van der Waals surface area contributed by atoms with Crippen molar-refractivity contribution in [2.24, 2.45) is 0 Å². The molecule has 0 bridgehead atoms. The van der Waals surface area contributed by atoms with Gasteiger partial charge < -0.3 is 0 Å². The molecule has 0 atom stereocenters. The van der Waals surface area contributed by atoms with Crippen molar-refractivity contribution in [2.45, 2.75) is 25.9 Å². The summed E-state index contributed by atoms with van der Waals surface area (Å²) in [5.41, 5.74) is 0.667. The van der Waals surface area contributed by atoms with Crippen molar-refractivity contribution in [1.82, 2.24) is 0 Å². The summed E-state index contributed by atoms with van der Waals surface area (Å²) in [7, 11) is 0. The van der Waals surface area contributed by atoms with Gasteiger partial charge in [0.25, 0.3) is 0 Å². The molecule has 0 spiro atoms. The fourth-order valence-corrected chi connectivity index (χ4v) is 1.97. The number of alkyl halides is 3. The Balaban J connectivity index is 2.62. The summed E-state index contributed by atoms with van der Waals surface area (Å²) >= 11 is 0. The van der Waals surface area contributed by atoms with E-state index in [2.05, 4.69) is 0 Å². The van der Waals surface area contributed by atoms with Gasteiger partial charge in [-0.3, -0.25) is 4.79 Å². The number of carbonyl (C=O) groups is 1. The third-order valence-electron chi connectivity index (χ3n) is 2.78. The number of halogens is 3. The molecule has 90 valence electrons. The van der Waals surface area contributed by atoms with Crippen LogP contribution in [0.2, 0.25) is 0 Å². The standard InChI is InChI=1S/C13H11F3O/c1-8-2-3-9-7-10(17)4-5-12(11(9)6-8)13(14,15)16/h2-3,5-6H,4,7H2,1H3. The van der Waals surface area contributed by atoms with E-state index in [0.29, 0.717) is 5.56 Å². The van der Waals surface area contributed by atoms with Gasteiger partial charge >= 0.3 is 6.18 Å². The van der Waals surface area contributed by atoms with E-state index in [4.69, 9.17) is 0 Å². The molecule has 2 rings (SSSR count). The molecule has 1 aliphatic rings. The van der Waals surface area contributed by atoms with Crippen LogP contribution in [0.25, 0.3) is 5.57 Å². The minimum atomic E-state index is -4.41. The number of hydrogen-bond donors (Lipinski definition) is 0. The molecule has 0 saturated heterocycles. The molecule has 0 N–H and O–H groups in total. The first-order valence-electron chi connectivity index (χ1n) is 5.27. The molecule has 0 fully saturated rings. The minimum absolute atomic E-state index is 0.0751. The molecule has 17 heavy (non-hydrogen) atoms. The number of allylic oxidation sites excluding steroid dienone is 2. The molecule has 0 aromatic heterocycles. The van der Waals surface area contributed by atoms with E-state index in [1.807, 2.05) is 0 Å². The summed E-state index contributed by atoms with van der Waals surface area (Å²) in [4.78, 5) is 11.4. The van der Waals surface area contributed by atoms with E-state index in [9.17, 15) is 18.0 Å². The van der Waals surface area contributed by atoms with Gasteiger partial charge in [-0.25, -0.2) is 0 Å². The average Bonchev–Trinajstić information content (AvgIpc) is 2.35. The lowest BCUT2D eigenvalue weighted by molar-refractivity contribution is -0.117. The molecule has 0 radical (unpaired) electrons. The second-order valence-electron chi connectivity index (χ2n) is 4.20. The Morgan fingerprint density at radius 1 is 1.24 bits per heavy atom. The SMILES string of the molecule is Cc1ccc2c(c1)C(C(F)(F)F)=CCC(=O)C2. The molecule has 1 aromatic rings. The van der Waals surface area contributed by atoms with E-state index in [1.54, 1.807) is 19.1 Å². The van der Waals surface area contributed by atoms with Crippen LogP contribution in [-0.4, -0.2) is 12.0 Å². The van der Waals surface area contributed by atoms with E-state index >= 15 is 0 Å². The predicted octanol–water partition coefficient (Wildman–Crippen LogP) is 3.46. The number of Topliss-reactive ketones (excluding diaryl/α,β-unsaturated/α-hetero) is 1. The van der Waals surface area contributed by atoms with Gasteiger partial charge in [-0.05, 0) is 18.1 Å². The van der Waals surface area contributed by atoms with Crippen molar-refractivity contribution in [3.8, 4) is 0 Å². The lowest BCUT2D eigenvalue weighted by Gasteiger charge is -2.14. The molecule has 0 heterocycles. The van der Waals surface area contributed by atoms with E-state index in [1.165, 1.54) is 6.07 Å². The first kappa shape index (κ1) is 11.9. The monoisotopic (exact) mass is 240 g/mol. The quantitative estimate of drug-likeness (QED) is 0.678. The van der Waals surface area contributed by atoms with Crippen LogP contribution in [0, 0.1) is 6.92 Å². The van der Waals surface area contributed by atoms with Crippen LogP contribution in [0.5, 0.6) is 0 Å². The zero-order valence-corrected chi connectivity index (χ0v) is 9.27. The van der Waals surface area contributed by atoms with Gasteiger partial charge in [0.05, 0.1) is 5.57 Å². The van der Waals surface area contributed by atoms with Crippen molar-refractivity contribution in [3.63, 3.8) is 0 Å². The van der Waals surface area contributed by atoms with Crippen LogP contribution in [-0.2, 0) is 11.2 Å². The third-order valence-corrected chi connectivity index (χ3v) is 2.78. The topological polar surface area (TPSA) is 17.1 Å². The Bertz CT molecular complexity index is 498. The van der Waals surface area contributed by atoms with Crippen molar-refractivity contribution in [1.29, 1.82) is 0 Å². The van der Waals surface area contributed by atoms with Crippen molar-refractivity contribution in [3.05, 3.63) is 41.0 Å². The molecule has 0 aliphatic heterocycles. The molecule has 1 aliphatic carbocycles. The van der Waals surface area contributed by atoms with Gasteiger partial charge in [0.2, 0.25) is 0 Å². The number of hydrogen-bond acceptors (Lipinski definition) is 1. The second kappa shape index (κ2) is 4.02. The summed E-state index contributed by atoms with van der Waals surface area (Å²) in [6, 6.07) is 4.83. The molecule has 0 unspecified atom stereocenters. The highest BCUT2D eigenvalue weighted by Gasteiger charge is 2.36. The predicted molar refractivity (Wildman–Crippen MR) is 58.5 cm³/mol. The average molecular weight is 240 g/mol. The van der Waals surface area contributed by atoms with E-state index in [0.717, 1.165) is 11.6 Å². The highest BCUT2D eigenvalue weighted by atomic mass is 19.4. The number of rotatable bonds is 0. The van der Waals surface area contributed by atoms with Gasteiger partial charge in [0.15, 0.2) is 0 Å². The summed E-state index contributed by atoms with van der Waals surface area (Å²) < 4.78 is 38.6. The molecule has 1 aromatic carbocycles. The maximum absolute atomic E-state index is 12.9. The number of benzene rings is 1. The number of aryl methyl sites for hydroxylation is 1. The fraction of sp³-hybridized carbons (Fsp3) is 0.308. The normalized spacial score (nSPS) is 16.2. The summed E-state index contributed by atoms with van der Waals surface area (Å²) in [5.74, 6) is -0.186. The number of ketones is 1. The van der Waals surface area contributed by atoms with Crippen LogP contribution in [0.4, 0.5) is 13.2 Å². The fourth-order valence-electron chi connectivity index (χ4n) is 1.97. The molecular weight excluding hydrogens is 229 g/mol. The highest BCUT2D eigenvalue weighted by Crippen LogP contribution is 2.37. The molecule has 4 heteroatoms. The zero-order valence-electron chi connectivity index (χ0n) is 9.27. The Morgan fingerprint density at radius 3 is 2.59 bits per heavy atom. The Kier molecular flexibility index (Phi) is 2.81. The Labute approximate surface area is 96.9 Å². The lowest BCUT2D eigenvalue weighted by atomic mass is 9.96. The van der Waals surface area contributed by atoms with Gasteiger partial charge in [-0.1, -0.05) is 29.8 Å². The Hall–Kier alpha value is -1.58. The first-order valence-corrected chi connectivity index (χ1v) is 5.27. The van der Waals surface area contributed by atoms with Crippen LogP contribution in [0.3, 0.4) is 0 Å². The zero-order chi connectivity index (χ0) is 12.6. The van der Waals surface area contributed by atoms with Crippen LogP contribution in [0.15, 0.2) is 24.3 Å². The minimum Gasteiger partial charge on any atom is -0.299 e. The summed E-state index contributed by atoms with van der Waals surface area (Å²) in [5, 5.41) is 0. The highest BCUT2D eigenvalue weighted by molar-refractivity contribution is 5.89. The van der Waals surface area contributed by atoms with Gasteiger partial charge in [-0.2, -0.15) is 13.2 Å². The van der Waals surface area contributed by atoms with E-state index < -0.39 is 11.7 Å². The maximum Gasteiger partial charge on any atom is 0.416 e. The molecule has 0 saturated carbocycles. The smallest absolute Gasteiger partial charge is 0.299 e. The first-order chi connectivity index (χ1) is 7.88. The molecule has 1 nitrogen and oxygen atoms in total. The molecule has 0 amide bonds. The van der Waals surface area contributed by atoms with Crippen LogP contribution in [0.1, 0.15) is 23.1 Å². The maximum atomic E-state index is 12.9.